The van der Waals surface area contributed by atoms with Crippen LogP contribution in [-0.2, 0) is 4.74 Å². The zero-order valence-corrected chi connectivity index (χ0v) is 14.5. The van der Waals surface area contributed by atoms with E-state index in [4.69, 9.17) is 4.74 Å². The van der Waals surface area contributed by atoms with Gasteiger partial charge in [-0.25, -0.2) is 23.5 Å². The maximum Gasteiger partial charge on any atom is 0.342 e. The van der Waals surface area contributed by atoms with Crippen molar-refractivity contribution in [2.75, 3.05) is 5.32 Å². The summed E-state index contributed by atoms with van der Waals surface area (Å²) in [5.74, 6) is -2.51. The first-order valence-corrected chi connectivity index (χ1v) is 8.04. The monoisotopic (exact) mass is 357 g/mol. The third-order valence-corrected chi connectivity index (χ3v) is 3.62. The van der Waals surface area contributed by atoms with Crippen LogP contribution in [0.5, 0.6) is 0 Å². The van der Waals surface area contributed by atoms with Gasteiger partial charge < -0.3 is 10.1 Å². The molecule has 0 saturated carbocycles. The lowest BCUT2D eigenvalue weighted by Gasteiger charge is -2.15. The minimum Gasteiger partial charge on any atom is -0.459 e. The molecule has 2 heterocycles. The highest BCUT2D eigenvalue weighted by molar-refractivity contribution is 6.05. The lowest BCUT2D eigenvalue weighted by atomic mass is 10.1. The second-order valence-corrected chi connectivity index (χ2v) is 6.08. The number of nitrogens with one attached hydrogen (secondary N) is 1. The second-order valence-electron chi connectivity index (χ2n) is 6.08. The molecule has 5 nitrogen and oxygen atoms in total. The number of anilines is 2. The van der Waals surface area contributed by atoms with Gasteiger partial charge in [0.25, 0.3) is 0 Å². The van der Waals surface area contributed by atoms with E-state index in [1.54, 1.807) is 26.0 Å². The molecule has 7 heteroatoms. The van der Waals surface area contributed by atoms with Gasteiger partial charge in [0.15, 0.2) is 17.3 Å². The summed E-state index contributed by atoms with van der Waals surface area (Å²) in [7, 11) is 0. The van der Waals surface area contributed by atoms with Crippen molar-refractivity contribution in [3.8, 4) is 0 Å². The smallest absolute Gasteiger partial charge is 0.342 e. The van der Waals surface area contributed by atoms with Crippen LogP contribution in [0.3, 0.4) is 0 Å². The summed E-state index contributed by atoms with van der Waals surface area (Å²) in [6, 6.07) is 6.94. The summed E-state index contributed by atoms with van der Waals surface area (Å²) >= 11 is 0. The topological polar surface area (TPSA) is 64.1 Å². The molecule has 134 valence electrons. The van der Waals surface area contributed by atoms with Crippen molar-refractivity contribution in [1.29, 1.82) is 0 Å². The van der Waals surface area contributed by atoms with Gasteiger partial charge in [-0.15, -0.1) is 0 Å². The number of hydrogen-bond acceptors (Lipinski definition) is 5. The minimum absolute atomic E-state index is 0.182. The summed E-state index contributed by atoms with van der Waals surface area (Å²) in [4.78, 5) is 21.0. The van der Waals surface area contributed by atoms with E-state index in [0.717, 1.165) is 17.8 Å². The number of halogens is 2. The van der Waals surface area contributed by atoms with E-state index < -0.39 is 17.6 Å². The molecule has 0 saturated heterocycles. The van der Waals surface area contributed by atoms with Gasteiger partial charge in [-0.2, -0.15) is 0 Å². The van der Waals surface area contributed by atoms with Crippen LogP contribution in [0.15, 0.2) is 36.5 Å². The maximum atomic E-state index is 13.5. The van der Waals surface area contributed by atoms with E-state index in [0.29, 0.717) is 16.7 Å². The van der Waals surface area contributed by atoms with Crippen LogP contribution >= 0.6 is 0 Å². The highest BCUT2D eigenvalue weighted by Crippen LogP contribution is 2.30. The van der Waals surface area contributed by atoms with Crippen molar-refractivity contribution in [2.45, 2.75) is 26.9 Å². The first-order valence-electron chi connectivity index (χ1n) is 8.04. The van der Waals surface area contributed by atoms with E-state index in [9.17, 15) is 13.6 Å². The minimum atomic E-state index is -0.992. The zero-order valence-electron chi connectivity index (χ0n) is 14.5. The average molecular weight is 357 g/mol. The number of aromatic nitrogens is 2. The number of esters is 1. The largest absolute Gasteiger partial charge is 0.459 e. The molecule has 1 N–H and O–H groups in total. The summed E-state index contributed by atoms with van der Waals surface area (Å²) < 4.78 is 32.0. The molecule has 2 aromatic heterocycles. The van der Waals surface area contributed by atoms with Gasteiger partial charge in [-0.1, -0.05) is 0 Å². The van der Waals surface area contributed by atoms with Crippen molar-refractivity contribution in [3.05, 3.63) is 59.4 Å². The molecule has 0 unspecified atom stereocenters. The Hall–Kier alpha value is -3.09. The molecule has 0 atom stereocenters. The van der Waals surface area contributed by atoms with Crippen LogP contribution in [0.25, 0.3) is 11.0 Å². The molecule has 0 spiro atoms. The Morgan fingerprint density at radius 3 is 2.62 bits per heavy atom. The summed E-state index contributed by atoms with van der Waals surface area (Å²) in [5, 5.41) is 3.54. The fourth-order valence-electron chi connectivity index (χ4n) is 2.46. The highest BCUT2D eigenvalue weighted by Gasteiger charge is 2.19. The molecule has 0 aliphatic carbocycles. The van der Waals surface area contributed by atoms with E-state index in [-0.39, 0.29) is 17.4 Å². The Balaban J connectivity index is 2.14. The van der Waals surface area contributed by atoms with E-state index in [1.165, 1.54) is 12.3 Å². The third kappa shape index (κ3) is 3.61. The van der Waals surface area contributed by atoms with Crippen LogP contribution in [0.4, 0.5) is 20.2 Å². The number of pyridine rings is 2. The predicted octanol–water partition coefficient (Wildman–Crippen LogP) is 4.53. The van der Waals surface area contributed by atoms with Crippen LogP contribution < -0.4 is 5.32 Å². The normalized spacial score (nSPS) is 11.0. The first-order chi connectivity index (χ1) is 12.3. The zero-order chi connectivity index (χ0) is 18.8. The quantitative estimate of drug-likeness (QED) is 0.695. The Kier molecular flexibility index (Phi) is 4.79. The standard InChI is InChI=1S/C19H17F2N3O2/c1-10(2)26-19(25)14-9-22-18-13(6-4-11(3)23-18)17(14)24-12-5-7-15(20)16(21)8-12/h4-10H,1-3H3,(H,22,23,24). The molecule has 0 aliphatic heterocycles. The van der Waals surface area contributed by atoms with Crippen LogP contribution in [0.2, 0.25) is 0 Å². The molecular weight excluding hydrogens is 340 g/mol. The number of benzene rings is 1. The fraction of sp³-hybridized carbons (Fsp3) is 0.211. The number of aryl methyl sites for hydroxylation is 1. The summed E-state index contributed by atoms with van der Waals surface area (Å²) in [6.45, 7) is 5.30. The molecule has 0 radical (unpaired) electrons. The van der Waals surface area contributed by atoms with E-state index >= 15 is 0 Å². The van der Waals surface area contributed by atoms with Crippen LogP contribution in [0.1, 0.15) is 29.9 Å². The van der Waals surface area contributed by atoms with Crippen LogP contribution in [0, 0.1) is 18.6 Å². The Bertz CT molecular complexity index is 990. The van der Waals surface area contributed by atoms with Crippen molar-refractivity contribution in [3.63, 3.8) is 0 Å². The fourth-order valence-corrected chi connectivity index (χ4v) is 2.46. The van der Waals surface area contributed by atoms with Gasteiger partial charge in [-0.3, -0.25) is 0 Å². The number of fused-ring (bicyclic) bond motifs is 1. The van der Waals surface area contributed by atoms with Gasteiger partial charge >= 0.3 is 5.97 Å². The molecule has 3 rings (SSSR count). The van der Waals surface area contributed by atoms with Crippen molar-refractivity contribution in [2.24, 2.45) is 0 Å². The summed E-state index contributed by atoms with van der Waals surface area (Å²) in [6.07, 6.45) is 1.05. The number of rotatable bonds is 4. The molecule has 0 aliphatic rings. The molecule has 26 heavy (non-hydrogen) atoms. The lowest BCUT2D eigenvalue weighted by Crippen LogP contribution is -2.14. The second kappa shape index (κ2) is 7.03. The van der Waals surface area contributed by atoms with Crippen LogP contribution in [-0.4, -0.2) is 22.0 Å². The van der Waals surface area contributed by atoms with Crippen molar-refractivity contribution < 1.29 is 18.3 Å². The average Bonchev–Trinajstić information content (AvgIpc) is 2.57. The Labute approximate surface area is 149 Å². The first kappa shape index (κ1) is 17.7. The number of nitrogens with zero attached hydrogens (tertiary/aromatic N) is 2. The van der Waals surface area contributed by atoms with Gasteiger partial charge in [-0.05, 0) is 45.0 Å². The van der Waals surface area contributed by atoms with Gasteiger partial charge in [0.1, 0.15) is 5.56 Å². The Morgan fingerprint density at radius 2 is 1.92 bits per heavy atom. The van der Waals surface area contributed by atoms with E-state index in [2.05, 4.69) is 15.3 Å². The van der Waals surface area contributed by atoms with Crippen molar-refractivity contribution >= 4 is 28.4 Å². The lowest BCUT2D eigenvalue weighted by molar-refractivity contribution is 0.0379. The molecule has 3 aromatic rings. The van der Waals surface area contributed by atoms with Gasteiger partial charge in [0, 0.05) is 29.0 Å². The Morgan fingerprint density at radius 1 is 1.15 bits per heavy atom. The third-order valence-electron chi connectivity index (χ3n) is 3.62. The molecule has 0 amide bonds. The summed E-state index contributed by atoms with van der Waals surface area (Å²) in [5.41, 5.74) is 2.04. The number of ether oxygens (including phenoxy) is 1. The van der Waals surface area contributed by atoms with E-state index in [1.807, 2.05) is 6.92 Å². The molecule has 0 fully saturated rings. The van der Waals surface area contributed by atoms with Gasteiger partial charge in [0.2, 0.25) is 0 Å². The molecule has 1 aromatic carbocycles. The maximum absolute atomic E-state index is 13.5. The number of carbonyl (C=O) groups is 1. The predicted molar refractivity (Wildman–Crippen MR) is 94.5 cm³/mol. The molecular formula is C19H17F2N3O2. The van der Waals surface area contributed by atoms with Gasteiger partial charge in [0.05, 0.1) is 11.8 Å². The van der Waals surface area contributed by atoms with Crippen molar-refractivity contribution in [1.82, 2.24) is 9.97 Å². The SMILES string of the molecule is Cc1ccc2c(Nc3ccc(F)c(F)c3)c(C(=O)OC(C)C)cnc2n1. The highest BCUT2D eigenvalue weighted by atomic mass is 19.2. The number of carbonyl (C=O) groups excluding carboxylic acids is 1. The number of hydrogen-bond donors (Lipinski definition) is 1. The molecule has 0 bridgehead atoms.